The van der Waals surface area contributed by atoms with Gasteiger partial charge in [0.15, 0.2) is 5.11 Å². The Morgan fingerprint density at radius 3 is 2.41 bits per heavy atom. The Hall–Kier alpha value is -3.13. The number of aryl methyl sites for hydroxylation is 1. The summed E-state index contributed by atoms with van der Waals surface area (Å²) in [7, 11) is 0. The van der Waals surface area contributed by atoms with E-state index in [0.717, 1.165) is 24.3 Å². The van der Waals surface area contributed by atoms with Crippen molar-refractivity contribution in [1.29, 1.82) is 0 Å². The predicted octanol–water partition coefficient (Wildman–Crippen LogP) is 2.23. The fraction of sp³-hybridized carbons (Fsp3) is 0.375. The van der Waals surface area contributed by atoms with Crippen LogP contribution >= 0.6 is 12.2 Å². The highest BCUT2D eigenvalue weighted by molar-refractivity contribution is 7.80. The smallest absolute Gasteiger partial charge is 0.243 e. The molecule has 0 aromatic heterocycles. The number of para-hydroxylation sites is 1. The first kappa shape index (κ1) is 22.1. The molecule has 2 aliphatic rings. The van der Waals surface area contributed by atoms with Crippen molar-refractivity contribution in [2.24, 2.45) is 0 Å². The fourth-order valence-corrected chi connectivity index (χ4v) is 4.48. The second-order valence-electron chi connectivity index (χ2n) is 8.20. The Bertz CT molecular complexity index is 958. The van der Waals surface area contributed by atoms with Crippen molar-refractivity contribution in [1.82, 2.24) is 15.1 Å². The van der Waals surface area contributed by atoms with Crippen molar-refractivity contribution in [3.8, 4) is 0 Å². The summed E-state index contributed by atoms with van der Waals surface area (Å²) in [4.78, 5) is 31.7. The molecular formula is C24H29N5O2S. The zero-order valence-electron chi connectivity index (χ0n) is 18.3. The van der Waals surface area contributed by atoms with E-state index in [4.69, 9.17) is 12.2 Å². The van der Waals surface area contributed by atoms with Crippen molar-refractivity contribution in [2.45, 2.75) is 19.4 Å². The summed E-state index contributed by atoms with van der Waals surface area (Å²) in [5.74, 6) is -0.163. The Balaban J connectivity index is 1.36. The van der Waals surface area contributed by atoms with E-state index in [-0.39, 0.29) is 18.2 Å². The standard InChI is InChI=1S/C24H29N5O2S/c1-18-7-9-19(10-8-18)26-24(32)29-12-11-25-23(31)21(29)17-22(30)28-15-13-27(14-16-28)20-5-3-2-4-6-20/h2-10,21H,11-17H2,1H3,(H,25,31)(H,26,32). The number of benzene rings is 2. The van der Waals surface area contributed by atoms with Crippen LogP contribution in [0.4, 0.5) is 11.4 Å². The molecule has 2 heterocycles. The first-order chi connectivity index (χ1) is 15.5. The average Bonchev–Trinajstić information content (AvgIpc) is 2.82. The lowest BCUT2D eigenvalue weighted by Gasteiger charge is -2.39. The Labute approximate surface area is 194 Å². The number of carbonyl (C=O) groups excluding carboxylic acids is 2. The minimum atomic E-state index is -0.603. The molecule has 32 heavy (non-hydrogen) atoms. The first-order valence-corrected chi connectivity index (χ1v) is 11.4. The second-order valence-corrected chi connectivity index (χ2v) is 8.59. The maximum absolute atomic E-state index is 13.1. The summed E-state index contributed by atoms with van der Waals surface area (Å²) in [5, 5.41) is 6.56. The molecule has 2 aliphatic heterocycles. The summed E-state index contributed by atoms with van der Waals surface area (Å²) in [6, 6.07) is 17.5. The van der Waals surface area contributed by atoms with E-state index >= 15 is 0 Å². The lowest BCUT2D eigenvalue weighted by atomic mass is 10.1. The zero-order chi connectivity index (χ0) is 22.5. The first-order valence-electron chi connectivity index (χ1n) is 11.0. The highest BCUT2D eigenvalue weighted by Gasteiger charge is 2.35. The van der Waals surface area contributed by atoms with Gasteiger partial charge >= 0.3 is 0 Å². The van der Waals surface area contributed by atoms with Gasteiger partial charge in [0.05, 0.1) is 6.42 Å². The third kappa shape index (κ3) is 5.19. The summed E-state index contributed by atoms with van der Waals surface area (Å²) < 4.78 is 0. The monoisotopic (exact) mass is 451 g/mol. The third-order valence-corrected chi connectivity index (χ3v) is 6.35. The van der Waals surface area contributed by atoms with Crippen LogP contribution < -0.4 is 15.5 Å². The van der Waals surface area contributed by atoms with E-state index in [9.17, 15) is 9.59 Å². The molecule has 0 radical (unpaired) electrons. The van der Waals surface area contributed by atoms with Gasteiger partial charge in [0, 0.05) is 50.6 Å². The number of thiocarbonyl (C=S) groups is 1. The van der Waals surface area contributed by atoms with Gasteiger partial charge in [-0.2, -0.15) is 0 Å². The van der Waals surface area contributed by atoms with Crippen molar-refractivity contribution < 1.29 is 9.59 Å². The van der Waals surface area contributed by atoms with Gasteiger partial charge in [0.25, 0.3) is 0 Å². The summed E-state index contributed by atoms with van der Waals surface area (Å²) >= 11 is 5.60. The molecule has 2 N–H and O–H groups in total. The van der Waals surface area contributed by atoms with Gasteiger partial charge in [-0.15, -0.1) is 0 Å². The molecule has 0 saturated carbocycles. The quantitative estimate of drug-likeness (QED) is 0.695. The topological polar surface area (TPSA) is 67.9 Å². The molecule has 2 fully saturated rings. The Morgan fingerprint density at radius 2 is 1.72 bits per heavy atom. The Morgan fingerprint density at radius 1 is 1.03 bits per heavy atom. The molecule has 0 bridgehead atoms. The van der Waals surface area contributed by atoms with Crippen molar-refractivity contribution in [2.75, 3.05) is 49.5 Å². The molecule has 1 atom stereocenters. The molecule has 2 amide bonds. The highest BCUT2D eigenvalue weighted by atomic mass is 32.1. The van der Waals surface area contributed by atoms with Gasteiger partial charge < -0.3 is 25.3 Å². The molecule has 0 spiro atoms. The van der Waals surface area contributed by atoms with Gasteiger partial charge in [-0.05, 0) is 43.4 Å². The van der Waals surface area contributed by atoms with Gasteiger partial charge in [0.1, 0.15) is 6.04 Å². The second kappa shape index (κ2) is 9.99. The summed E-state index contributed by atoms with van der Waals surface area (Å²) in [6.07, 6.45) is 0.118. The number of anilines is 2. The van der Waals surface area contributed by atoms with Crippen LogP contribution in [0.1, 0.15) is 12.0 Å². The van der Waals surface area contributed by atoms with Crippen LogP contribution in [0, 0.1) is 6.92 Å². The van der Waals surface area contributed by atoms with Gasteiger partial charge in [-0.1, -0.05) is 35.9 Å². The Kier molecular flexibility index (Phi) is 6.90. The van der Waals surface area contributed by atoms with Crippen LogP contribution in [0.5, 0.6) is 0 Å². The number of amides is 2. The number of nitrogens with one attached hydrogen (secondary N) is 2. The minimum Gasteiger partial charge on any atom is -0.368 e. The van der Waals surface area contributed by atoms with E-state index in [1.165, 1.54) is 5.69 Å². The lowest BCUT2D eigenvalue weighted by Crippen LogP contribution is -2.60. The van der Waals surface area contributed by atoms with Crippen LogP contribution in [-0.4, -0.2) is 72.0 Å². The predicted molar refractivity (Wildman–Crippen MR) is 131 cm³/mol. The van der Waals surface area contributed by atoms with E-state index in [2.05, 4.69) is 27.7 Å². The van der Waals surface area contributed by atoms with Crippen LogP contribution in [0.25, 0.3) is 0 Å². The SMILES string of the molecule is Cc1ccc(NC(=S)N2CCNC(=O)C2CC(=O)N2CCN(c3ccccc3)CC2)cc1. The number of hydrogen-bond donors (Lipinski definition) is 2. The zero-order valence-corrected chi connectivity index (χ0v) is 19.1. The molecule has 2 saturated heterocycles. The number of piperazine rings is 2. The van der Waals surface area contributed by atoms with Gasteiger partial charge in [-0.3, -0.25) is 9.59 Å². The molecular weight excluding hydrogens is 422 g/mol. The average molecular weight is 452 g/mol. The maximum atomic E-state index is 13.1. The van der Waals surface area contributed by atoms with Gasteiger partial charge in [-0.25, -0.2) is 0 Å². The highest BCUT2D eigenvalue weighted by Crippen LogP contribution is 2.18. The molecule has 2 aromatic carbocycles. The molecule has 168 valence electrons. The van der Waals surface area contributed by atoms with E-state index in [1.54, 1.807) is 0 Å². The molecule has 1 unspecified atom stereocenters. The molecule has 8 heteroatoms. The van der Waals surface area contributed by atoms with Crippen molar-refractivity contribution in [3.63, 3.8) is 0 Å². The molecule has 7 nitrogen and oxygen atoms in total. The molecule has 2 aromatic rings. The summed E-state index contributed by atoms with van der Waals surface area (Å²) in [5.41, 5.74) is 3.20. The number of carbonyl (C=O) groups is 2. The van der Waals surface area contributed by atoms with E-state index in [1.807, 2.05) is 59.2 Å². The van der Waals surface area contributed by atoms with Crippen LogP contribution in [-0.2, 0) is 9.59 Å². The lowest BCUT2D eigenvalue weighted by molar-refractivity contribution is -0.137. The fourth-order valence-electron chi connectivity index (χ4n) is 4.14. The van der Waals surface area contributed by atoms with Crippen LogP contribution in [0.15, 0.2) is 54.6 Å². The van der Waals surface area contributed by atoms with Gasteiger partial charge in [0.2, 0.25) is 11.8 Å². The molecule has 4 rings (SSSR count). The van der Waals surface area contributed by atoms with Crippen LogP contribution in [0.2, 0.25) is 0 Å². The number of nitrogens with zero attached hydrogens (tertiary/aromatic N) is 3. The maximum Gasteiger partial charge on any atom is 0.243 e. The normalized spacial score (nSPS) is 18.8. The minimum absolute atomic E-state index is 0.0112. The van der Waals surface area contributed by atoms with Crippen molar-refractivity contribution in [3.05, 3.63) is 60.2 Å². The third-order valence-electron chi connectivity index (χ3n) is 6.02. The number of rotatable bonds is 4. The molecule has 0 aliphatic carbocycles. The largest absolute Gasteiger partial charge is 0.368 e. The van der Waals surface area contributed by atoms with E-state index < -0.39 is 6.04 Å². The summed E-state index contributed by atoms with van der Waals surface area (Å²) in [6.45, 7) is 5.96. The van der Waals surface area contributed by atoms with E-state index in [0.29, 0.717) is 31.3 Å². The van der Waals surface area contributed by atoms with Crippen LogP contribution in [0.3, 0.4) is 0 Å². The van der Waals surface area contributed by atoms with Crippen molar-refractivity contribution >= 4 is 40.5 Å². The number of hydrogen-bond acceptors (Lipinski definition) is 4.